The van der Waals surface area contributed by atoms with E-state index < -0.39 is 0 Å². The minimum Gasteiger partial charge on any atom is -0.440 e. The van der Waals surface area contributed by atoms with Gasteiger partial charge < -0.3 is 8.83 Å². The van der Waals surface area contributed by atoms with Crippen LogP contribution in [0.2, 0.25) is 0 Å². The van der Waals surface area contributed by atoms with Crippen molar-refractivity contribution in [2.45, 2.75) is 12.3 Å². The van der Waals surface area contributed by atoms with Crippen molar-refractivity contribution >= 4 is 49.3 Å². The third kappa shape index (κ3) is 5.67. The number of fused-ring (bicyclic) bond motifs is 5. The molecule has 0 N–H and O–H groups in total. The lowest BCUT2D eigenvalue weighted by Gasteiger charge is -2.15. The van der Waals surface area contributed by atoms with Gasteiger partial charge in [0.05, 0.1) is 17.3 Å². The molecule has 56 heavy (non-hydrogen) atoms. The number of allylic oxidation sites excluding steroid dienone is 4. The average Bonchev–Trinajstić information content (AvgIpc) is 3.92. The molecule has 3 aromatic heterocycles. The van der Waals surface area contributed by atoms with Gasteiger partial charge in [-0.15, -0.1) is 0 Å². The number of benzene rings is 7. The van der Waals surface area contributed by atoms with E-state index >= 15 is 0 Å². The SMILES string of the molecule is C1=CC(c2nc3ccccc3o2)CC=C1c1cc(-c2ccc(-c3cc4ccccc4c4ccccc34)cc2)nc(-c2ccc(-c3nc4ccccc4o3)cc2)n1. The molecule has 0 spiro atoms. The molecule has 1 aliphatic rings. The number of nitrogens with zero attached hydrogens (tertiary/aromatic N) is 4. The molecule has 6 heteroatoms. The normalized spacial score (nSPS) is 14.2. The van der Waals surface area contributed by atoms with Gasteiger partial charge in [-0.1, -0.05) is 127 Å². The molecule has 0 saturated carbocycles. The highest BCUT2D eigenvalue weighted by molar-refractivity contribution is 6.13. The van der Waals surface area contributed by atoms with E-state index in [1.54, 1.807) is 0 Å². The van der Waals surface area contributed by atoms with Gasteiger partial charge in [-0.05, 0) is 93.2 Å². The topological polar surface area (TPSA) is 77.8 Å². The van der Waals surface area contributed by atoms with Crippen LogP contribution in [0.15, 0.2) is 185 Å². The van der Waals surface area contributed by atoms with E-state index in [1.807, 2.05) is 72.8 Å². The van der Waals surface area contributed by atoms with Gasteiger partial charge >= 0.3 is 0 Å². The van der Waals surface area contributed by atoms with Crippen LogP contribution in [0.1, 0.15) is 23.9 Å². The zero-order chi connectivity index (χ0) is 37.0. The summed E-state index contributed by atoms with van der Waals surface area (Å²) in [7, 11) is 0. The van der Waals surface area contributed by atoms with Crippen LogP contribution >= 0.6 is 0 Å². The molecule has 10 aromatic rings. The highest BCUT2D eigenvalue weighted by Gasteiger charge is 2.20. The Hall–Kier alpha value is -7.44. The van der Waals surface area contributed by atoms with Crippen molar-refractivity contribution in [1.29, 1.82) is 0 Å². The van der Waals surface area contributed by atoms with Crippen LogP contribution in [0, 0.1) is 0 Å². The van der Waals surface area contributed by atoms with Crippen LogP contribution in [0.3, 0.4) is 0 Å². The summed E-state index contributed by atoms with van der Waals surface area (Å²) in [6.07, 6.45) is 7.27. The lowest BCUT2D eigenvalue weighted by atomic mass is 9.92. The third-order valence-corrected chi connectivity index (χ3v) is 10.7. The number of hydrogen-bond acceptors (Lipinski definition) is 6. The van der Waals surface area contributed by atoms with Crippen LogP contribution in [0.4, 0.5) is 0 Å². The number of hydrogen-bond donors (Lipinski definition) is 0. The number of para-hydroxylation sites is 4. The molecule has 7 aromatic carbocycles. The molecule has 6 nitrogen and oxygen atoms in total. The summed E-state index contributed by atoms with van der Waals surface area (Å²) in [5.41, 5.74) is 11.2. The summed E-state index contributed by atoms with van der Waals surface area (Å²) >= 11 is 0. The highest BCUT2D eigenvalue weighted by Crippen LogP contribution is 2.37. The second kappa shape index (κ2) is 13.1. The minimum absolute atomic E-state index is 0.0464. The predicted octanol–water partition coefficient (Wildman–Crippen LogP) is 12.9. The van der Waals surface area contributed by atoms with Crippen LogP contribution < -0.4 is 0 Å². The van der Waals surface area contributed by atoms with Gasteiger partial charge in [-0.3, -0.25) is 0 Å². The molecule has 11 rings (SSSR count). The fourth-order valence-electron chi connectivity index (χ4n) is 7.79. The maximum absolute atomic E-state index is 6.12. The van der Waals surface area contributed by atoms with E-state index in [2.05, 4.69) is 103 Å². The quantitative estimate of drug-likeness (QED) is 0.159. The van der Waals surface area contributed by atoms with Gasteiger partial charge in [-0.25, -0.2) is 19.9 Å². The first kappa shape index (κ1) is 32.0. The van der Waals surface area contributed by atoms with E-state index in [0.29, 0.717) is 11.7 Å². The molecule has 264 valence electrons. The molecular formula is C50H32N4O2. The summed E-state index contributed by atoms with van der Waals surface area (Å²) < 4.78 is 12.2. The Morgan fingerprint density at radius 3 is 1.86 bits per heavy atom. The number of aromatic nitrogens is 4. The second-order valence-corrected chi connectivity index (χ2v) is 14.2. The predicted molar refractivity (Wildman–Crippen MR) is 225 cm³/mol. The van der Waals surface area contributed by atoms with Crippen molar-refractivity contribution in [3.05, 3.63) is 188 Å². The van der Waals surface area contributed by atoms with E-state index in [4.69, 9.17) is 28.8 Å². The Morgan fingerprint density at radius 2 is 1.11 bits per heavy atom. The molecular weight excluding hydrogens is 689 g/mol. The average molecular weight is 721 g/mol. The molecule has 0 amide bonds. The standard InChI is InChI=1S/C50H32N4O2/c1-2-10-38-37(9-1)29-41(40-12-4-3-11-39(38)40)31-17-19-32(20-18-31)44-30-45(33-21-25-35(26-22-33)49-53-42-13-5-7-15-46(42)55-49)52-48(51-44)34-23-27-36(28-24-34)50-54-43-14-6-8-16-47(43)56-50/h1-25,27-30,35H,26H2. The van der Waals surface area contributed by atoms with Crippen molar-refractivity contribution in [3.8, 4) is 45.2 Å². The molecule has 0 aliphatic heterocycles. The maximum atomic E-state index is 6.12. The molecule has 1 unspecified atom stereocenters. The van der Waals surface area contributed by atoms with Crippen LogP contribution in [-0.4, -0.2) is 19.9 Å². The van der Waals surface area contributed by atoms with Crippen molar-refractivity contribution < 1.29 is 8.83 Å². The van der Waals surface area contributed by atoms with Crippen LogP contribution in [0.25, 0.3) is 94.5 Å². The summed E-state index contributed by atoms with van der Waals surface area (Å²) in [5.74, 6) is 1.99. The minimum atomic E-state index is 0.0464. The van der Waals surface area contributed by atoms with Gasteiger partial charge in [0.15, 0.2) is 17.0 Å². The second-order valence-electron chi connectivity index (χ2n) is 14.2. The van der Waals surface area contributed by atoms with E-state index in [9.17, 15) is 0 Å². The van der Waals surface area contributed by atoms with E-state index in [0.717, 1.165) is 73.7 Å². The molecule has 1 atom stereocenters. The molecule has 3 heterocycles. The fraction of sp³-hybridized carbons (Fsp3) is 0.0400. The highest BCUT2D eigenvalue weighted by atomic mass is 16.4. The molecule has 0 fully saturated rings. The summed E-state index contributed by atoms with van der Waals surface area (Å²) in [5, 5.41) is 4.98. The first-order valence-electron chi connectivity index (χ1n) is 18.8. The van der Waals surface area contributed by atoms with E-state index in [-0.39, 0.29) is 5.92 Å². The summed E-state index contributed by atoms with van der Waals surface area (Å²) in [4.78, 5) is 19.8. The van der Waals surface area contributed by atoms with Gasteiger partial charge in [0, 0.05) is 16.7 Å². The van der Waals surface area contributed by atoms with Crippen molar-refractivity contribution in [1.82, 2.24) is 19.9 Å². The Labute approximate surface area is 322 Å². The third-order valence-electron chi connectivity index (χ3n) is 10.7. The fourth-order valence-corrected chi connectivity index (χ4v) is 7.79. The summed E-state index contributed by atoms with van der Waals surface area (Å²) in [6.45, 7) is 0. The Morgan fingerprint density at radius 1 is 0.482 bits per heavy atom. The van der Waals surface area contributed by atoms with E-state index in [1.165, 1.54) is 27.1 Å². The van der Waals surface area contributed by atoms with Gasteiger partial charge in [0.25, 0.3) is 0 Å². The maximum Gasteiger partial charge on any atom is 0.227 e. The van der Waals surface area contributed by atoms with Gasteiger partial charge in [-0.2, -0.15) is 0 Å². The zero-order valence-corrected chi connectivity index (χ0v) is 30.1. The first-order valence-corrected chi connectivity index (χ1v) is 18.8. The Balaban J connectivity index is 0.968. The lowest BCUT2D eigenvalue weighted by Crippen LogP contribution is -2.02. The van der Waals surface area contributed by atoms with Gasteiger partial charge in [0.2, 0.25) is 11.8 Å². The van der Waals surface area contributed by atoms with Gasteiger partial charge in [0.1, 0.15) is 11.0 Å². The molecule has 1 aliphatic carbocycles. The monoisotopic (exact) mass is 720 g/mol. The zero-order valence-electron chi connectivity index (χ0n) is 30.1. The summed E-state index contributed by atoms with van der Waals surface area (Å²) in [6, 6.07) is 54.2. The molecule has 0 saturated heterocycles. The Kier molecular flexibility index (Phi) is 7.52. The lowest BCUT2D eigenvalue weighted by molar-refractivity contribution is 0.505. The molecule has 0 radical (unpaired) electrons. The smallest absolute Gasteiger partial charge is 0.227 e. The largest absolute Gasteiger partial charge is 0.440 e. The van der Waals surface area contributed by atoms with Crippen LogP contribution in [0.5, 0.6) is 0 Å². The first-order chi connectivity index (χ1) is 27.7. The van der Waals surface area contributed by atoms with Crippen molar-refractivity contribution in [3.63, 3.8) is 0 Å². The van der Waals surface area contributed by atoms with Crippen molar-refractivity contribution in [2.75, 3.05) is 0 Å². The number of rotatable bonds is 6. The molecule has 0 bridgehead atoms. The number of oxazole rings is 2. The van der Waals surface area contributed by atoms with Crippen molar-refractivity contribution in [2.24, 2.45) is 0 Å². The van der Waals surface area contributed by atoms with Crippen LogP contribution in [-0.2, 0) is 0 Å². The Bertz CT molecular complexity index is 3110.